The fourth-order valence-electron chi connectivity index (χ4n) is 2.51. The van der Waals surface area contributed by atoms with E-state index in [1.807, 2.05) is 6.08 Å². The number of rotatable bonds is 4. The number of nitrogens with zero attached hydrogens (tertiary/aromatic N) is 1. The first kappa shape index (κ1) is 14.5. The summed E-state index contributed by atoms with van der Waals surface area (Å²) in [4.78, 5) is 4.70. The molecule has 1 aliphatic heterocycles. The predicted molar refractivity (Wildman–Crippen MR) is 88.5 cm³/mol. The van der Waals surface area contributed by atoms with Gasteiger partial charge >= 0.3 is 0 Å². The van der Waals surface area contributed by atoms with Crippen LogP contribution in [0.1, 0.15) is 30.5 Å². The fraction of sp³-hybridized carbons (Fsp3) is 0.316. The lowest BCUT2D eigenvalue weighted by molar-refractivity contribution is 0.792. The van der Waals surface area contributed by atoms with Crippen molar-refractivity contribution >= 4 is 5.71 Å². The third-order valence-electron chi connectivity index (χ3n) is 3.72. The van der Waals surface area contributed by atoms with Crippen molar-refractivity contribution in [3.05, 3.63) is 71.3 Å². The summed E-state index contributed by atoms with van der Waals surface area (Å²) in [6.07, 6.45) is 5.05. The van der Waals surface area contributed by atoms with Crippen LogP contribution in [-0.2, 0) is 6.42 Å². The maximum atomic E-state index is 4.70. The van der Waals surface area contributed by atoms with Crippen molar-refractivity contribution in [2.24, 2.45) is 10.9 Å². The van der Waals surface area contributed by atoms with Crippen molar-refractivity contribution in [2.45, 2.75) is 27.2 Å². The van der Waals surface area contributed by atoms with Crippen molar-refractivity contribution in [1.29, 1.82) is 0 Å². The second-order valence-electron chi connectivity index (χ2n) is 5.67. The van der Waals surface area contributed by atoms with E-state index in [0.717, 1.165) is 24.3 Å². The Bertz CT molecular complexity index is 600. The Labute approximate surface area is 122 Å². The molecule has 1 aromatic rings. The molecule has 1 nitrogen and oxygen atoms in total. The quantitative estimate of drug-likeness (QED) is 0.702. The molecule has 0 spiro atoms. The number of fused-ring (bicyclic) bond motifs is 1. The molecule has 1 aromatic carbocycles. The minimum atomic E-state index is 0.449. The van der Waals surface area contributed by atoms with E-state index in [1.54, 1.807) is 0 Å². The van der Waals surface area contributed by atoms with Gasteiger partial charge in [0.2, 0.25) is 0 Å². The lowest BCUT2D eigenvalue weighted by Gasteiger charge is -2.18. The number of hydrogen-bond acceptors (Lipinski definition) is 1. The molecule has 1 aliphatic rings. The summed E-state index contributed by atoms with van der Waals surface area (Å²) < 4.78 is 0. The third kappa shape index (κ3) is 2.98. The summed E-state index contributed by atoms with van der Waals surface area (Å²) >= 11 is 0. The highest BCUT2D eigenvalue weighted by Crippen LogP contribution is 2.23. The van der Waals surface area contributed by atoms with Crippen LogP contribution < -0.4 is 0 Å². The maximum Gasteiger partial charge on any atom is 0.0716 e. The van der Waals surface area contributed by atoms with Gasteiger partial charge in [0, 0.05) is 12.1 Å². The molecule has 20 heavy (non-hydrogen) atoms. The first-order valence-corrected chi connectivity index (χ1v) is 7.20. The topological polar surface area (TPSA) is 12.4 Å². The molecule has 0 bridgehead atoms. The Balaban J connectivity index is 2.39. The zero-order chi connectivity index (χ0) is 14.7. The summed E-state index contributed by atoms with van der Waals surface area (Å²) in [5.74, 6) is 0.449. The van der Waals surface area contributed by atoms with E-state index in [-0.39, 0.29) is 0 Å². The van der Waals surface area contributed by atoms with Crippen molar-refractivity contribution < 1.29 is 0 Å². The Kier molecular flexibility index (Phi) is 4.39. The van der Waals surface area contributed by atoms with Crippen LogP contribution in [0.15, 0.2) is 59.6 Å². The molecular formula is C19H23N. The molecule has 0 unspecified atom stereocenters. The smallest absolute Gasteiger partial charge is 0.0716 e. The third-order valence-corrected chi connectivity index (χ3v) is 3.72. The highest BCUT2D eigenvalue weighted by atomic mass is 14.7. The number of aliphatic imine (C=N–C) groups is 1. The Hall–Kier alpha value is -1.89. The molecule has 104 valence electrons. The number of aryl methyl sites for hydroxylation is 1. The van der Waals surface area contributed by atoms with Crippen LogP contribution in [0.3, 0.4) is 0 Å². The summed E-state index contributed by atoms with van der Waals surface area (Å²) in [5, 5.41) is 0. The second kappa shape index (κ2) is 6.04. The minimum absolute atomic E-state index is 0.449. The van der Waals surface area contributed by atoms with Crippen molar-refractivity contribution in [2.75, 3.05) is 6.54 Å². The van der Waals surface area contributed by atoms with Gasteiger partial charge in [-0.2, -0.15) is 0 Å². The van der Waals surface area contributed by atoms with E-state index >= 15 is 0 Å². The molecule has 0 atom stereocenters. The molecule has 2 rings (SSSR count). The predicted octanol–water partition coefficient (Wildman–Crippen LogP) is 4.66. The van der Waals surface area contributed by atoms with Gasteiger partial charge in [0.25, 0.3) is 0 Å². The Morgan fingerprint density at radius 1 is 1.35 bits per heavy atom. The van der Waals surface area contributed by atoms with E-state index < -0.39 is 0 Å². The zero-order valence-electron chi connectivity index (χ0n) is 12.7. The summed E-state index contributed by atoms with van der Waals surface area (Å²) in [7, 11) is 0. The van der Waals surface area contributed by atoms with Gasteiger partial charge in [-0.15, -0.1) is 0 Å². The minimum Gasteiger partial charge on any atom is -0.284 e. The van der Waals surface area contributed by atoms with E-state index in [0.29, 0.717) is 5.92 Å². The first-order valence-electron chi connectivity index (χ1n) is 7.20. The van der Waals surface area contributed by atoms with Crippen molar-refractivity contribution in [1.82, 2.24) is 0 Å². The first-order chi connectivity index (χ1) is 9.52. The van der Waals surface area contributed by atoms with Gasteiger partial charge < -0.3 is 0 Å². The SMILES string of the molecule is C=C/C(=C\C(=C)C1=NCCc2ccc(C)cc21)C(C)C. The van der Waals surface area contributed by atoms with Gasteiger partial charge in [0.1, 0.15) is 0 Å². The largest absolute Gasteiger partial charge is 0.284 e. The molecule has 1 heteroatoms. The molecule has 0 saturated carbocycles. The van der Waals surface area contributed by atoms with Crippen LogP contribution in [-0.4, -0.2) is 12.3 Å². The van der Waals surface area contributed by atoms with Gasteiger partial charge in [-0.1, -0.05) is 50.8 Å². The summed E-state index contributed by atoms with van der Waals surface area (Å²) in [6.45, 7) is 15.4. The van der Waals surface area contributed by atoms with E-state index in [9.17, 15) is 0 Å². The zero-order valence-corrected chi connectivity index (χ0v) is 12.7. The second-order valence-corrected chi connectivity index (χ2v) is 5.67. The van der Waals surface area contributed by atoms with Crippen LogP contribution in [0.5, 0.6) is 0 Å². The summed E-state index contributed by atoms with van der Waals surface area (Å²) in [5.41, 5.74) is 7.11. The highest BCUT2D eigenvalue weighted by molar-refractivity contribution is 6.15. The molecule has 0 aliphatic carbocycles. The number of hydrogen-bond donors (Lipinski definition) is 0. The normalized spacial score (nSPS) is 14.8. The molecular weight excluding hydrogens is 242 g/mol. The van der Waals surface area contributed by atoms with Crippen LogP contribution in [0.25, 0.3) is 0 Å². The van der Waals surface area contributed by atoms with Crippen LogP contribution >= 0.6 is 0 Å². The molecule has 0 saturated heterocycles. The highest BCUT2D eigenvalue weighted by Gasteiger charge is 2.16. The lowest BCUT2D eigenvalue weighted by Crippen LogP contribution is -2.14. The molecule has 0 amide bonds. The van der Waals surface area contributed by atoms with Crippen molar-refractivity contribution in [3.8, 4) is 0 Å². The van der Waals surface area contributed by atoms with Gasteiger partial charge in [-0.05, 0) is 48.1 Å². The molecule has 0 N–H and O–H groups in total. The molecule has 1 heterocycles. The van der Waals surface area contributed by atoms with E-state index in [1.165, 1.54) is 22.3 Å². The van der Waals surface area contributed by atoms with Crippen LogP contribution in [0.2, 0.25) is 0 Å². The number of allylic oxidation sites excluding steroid dienone is 4. The molecule has 0 aromatic heterocycles. The standard InChI is InChI=1S/C19H23N/c1-6-16(13(2)3)12-15(5)19-18-11-14(4)7-8-17(18)9-10-20-19/h6-8,11-13H,1,5,9-10H2,2-4H3/b16-12+. The van der Waals surface area contributed by atoms with Crippen LogP contribution in [0, 0.1) is 12.8 Å². The van der Waals surface area contributed by atoms with Gasteiger partial charge in [0.15, 0.2) is 0 Å². The van der Waals surface area contributed by atoms with E-state index in [4.69, 9.17) is 4.99 Å². The lowest BCUT2D eigenvalue weighted by atomic mass is 9.90. The Morgan fingerprint density at radius 3 is 2.75 bits per heavy atom. The average Bonchev–Trinajstić information content (AvgIpc) is 2.43. The molecule has 0 radical (unpaired) electrons. The van der Waals surface area contributed by atoms with Crippen LogP contribution in [0.4, 0.5) is 0 Å². The average molecular weight is 265 g/mol. The van der Waals surface area contributed by atoms with Gasteiger partial charge in [0.05, 0.1) is 5.71 Å². The van der Waals surface area contributed by atoms with Crippen molar-refractivity contribution in [3.63, 3.8) is 0 Å². The monoisotopic (exact) mass is 265 g/mol. The fourth-order valence-corrected chi connectivity index (χ4v) is 2.51. The number of benzene rings is 1. The molecule has 0 fully saturated rings. The van der Waals surface area contributed by atoms with E-state index in [2.05, 4.69) is 58.2 Å². The van der Waals surface area contributed by atoms with Gasteiger partial charge in [-0.3, -0.25) is 4.99 Å². The maximum absolute atomic E-state index is 4.70. The summed E-state index contributed by atoms with van der Waals surface area (Å²) in [6, 6.07) is 6.60. The van der Waals surface area contributed by atoms with Gasteiger partial charge in [-0.25, -0.2) is 0 Å². The Morgan fingerprint density at radius 2 is 2.10 bits per heavy atom.